The number of alkyl halides is 1. The molecule has 0 atom stereocenters. The normalized spacial score (nSPS) is 13.5. The zero-order chi connectivity index (χ0) is 15.2. The Morgan fingerprint density at radius 3 is 2.24 bits per heavy atom. The number of esters is 1. The molecule has 1 aliphatic rings. The third kappa shape index (κ3) is 3.69. The molecule has 2 amide bonds. The highest BCUT2D eigenvalue weighted by atomic mass is 79.9. The Hall–Kier alpha value is -1.69. The van der Waals surface area contributed by atoms with E-state index in [-0.39, 0.29) is 6.54 Å². The minimum absolute atomic E-state index is 0.314. The van der Waals surface area contributed by atoms with E-state index < -0.39 is 17.8 Å². The molecular weight excluding hydrogens is 338 g/mol. The first-order valence-corrected chi connectivity index (χ1v) is 7.94. The Balaban J connectivity index is 1.86. The van der Waals surface area contributed by atoms with Crippen LogP contribution in [0.25, 0.3) is 0 Å². The van der Waals surface area contributed by atoms with Crippen LogP contribution in [0.15, 0.2) is 24.3 Å². The van der Waals surface area contributed by atoms with E-state index in [1.165, 1.54) is 0 Å². The number of carbonyl (C=O) groups is 3. The summed E-state index contributed by atoms with van der Waals surface area (Å²) in [6.07, 6.45) is 2.76. The van der Waals surface area contributed by atoms with Crippen LogP contribution < -0.4 is 0 Å². The van der Waals surface area contributed by atoms with Crippen LogP contribution in [0.2, 0.25) is 0 Å². The summed E-state index contributed by atoms with van der Waals surface area (Å²) in [4.78, 5) is 36.7. The highest BCUT2D eigenvalue weighted by Gasteiger charge is 2.36. The molecule has 0 aromatic heterocycles. The van der Waals surface area contributed by atoms with E-state index in [4.69, 9.17) is 4.74 Å². The number of unbranched alkanes of at least 4 members (excludes halogenated alkanes) is 2. The van der Waals surface area contributed by atoms with Gasteiger partial charge in [-0.15, -0.1) is 0 Å². The number of hydrogen-bond acceptors (Lipinski definition) is 4. The lowest BCUT2D eigenvalue weighted by molar-refractivity contribution is -0.144. The van der Waals surface area contributed by atoms with E-state index >= 15 is 0 Å². The average molecular weight is 354 g/mol. The topological polar surface area (TPSA) is 63.7 Å². The minimum Gasteiger partial charge on any atom is -0.464 e. The van der Waals surface area contributed by atoms with Crippen LogP contribution in [-0.4, -0.2) is 41.2 Å². The fourth-order valence-corrected chi connectivity index (χ4v) is 2.51. The molecule has 5 nitrogen and oxygen atoms in total. The van der Waals surface area contributed by atoms with Crippen molar-refractivity contribution in [2.75, 3.05) is 18.5 Å². The third-order valence-corrected chi connectivity index (χ3v) is 3.77. The Kier molecular flexibility index (Phi) is 5.50. The molecule has 0 fully saturated rings. The minimum atomic E-state index is -0.552. The Labute approximate surface area is 131 Å². The van der Waals surface area contributed by atoms with Gasteiger partial charge in [-0.1, -0.05) is 28.1 Å². The number of amides is 2. The van der Waals surface area contributed by atoms with Gasteiger partial charge in [0, 0.05) is 5.33 Å². The second-order valence-electron chi connectivity index (χ2n) is 4.71. The van der Waals surface area contributed by atoms with Crippen molar-refractivity contribution >= 4 is 33.7 Å². The molecule has 6 heteroatoms. The highest BCUT2D eigenvalue weighted by molar-refractivity contribution is 9.09. The quantitative estimate of drug-likeness (QED) is 0.326. The van der Waals surface area contributed by atoms with Crippen molar-refractivity contribution in [3.63, 3.8) is 0 Å². The number of halogens is 1. The molecule has 0 saturated heterocycles. The summed E-state index contributed by atoms with van der Waals surface area (Å²) in [5, 5.41) is 0.927. The van der Waals surface area contributed by atoms with E-state index in [1.807, 2.05) is 0 Å². The van der Waals surface area contributed by atoms with Gasteiger partial charge in [0.05, 0.1) is 17.7 Å². The number of fused-ring (bicyclic) bond motifs is 1. The molecule has 0 radical (unpaired) electrons. The first-order valence-electron chi connectivity index (χ1n) is 6.82. The second kappa shape index (κ2) is 7.36. The molecule has 21 heavy (non-hydrogen) atoms. The van der Waals surface area contributed by atoms with Crippen LogP contribution in [0, 0.1) is 0 Å². The Morgan fingerprint density at radius 1 is 1.05 bits per heavy atom. The van der Waals surface area contributed by atoms with E-state index in [9.17, 15) is 14.4 Å². The molecule has 0 bridgehead atoms. The van der Waals surface area contributed by atoms with Crippen molar-refractivity contribution in [3.05, 3.63) is 35.4 Å². The van der Waals surface area contributed by atoms with Crippen molar-refractivity contribution in [1.82, 2.24) is 4.90 Å². The first-order chi connectivity index (χ1) is 10.1. The summed E-state index contributed by atoms with van der Waals surface area (Å²) in [6, 6.07) is 6.55. The Bertz CT molecular complexity index is 523. The van der Waals surface area contributed by atoms with Gasteiger partial charge in [-0.2, -0.15) is 0 Å². The standard InChI is InChI=1S/C15H16BrNO4/c16-8-4-1-5-9-21-13(18)10-17-14(19)11-6-2-3-7-12(11)15(17)20/h2-3,6-7H,1,4-5,8-10H2. The zero-order valence-electron chi connectivity index (χ0n) is 11.5. The van der Waals surface area contributed by atoms with Gasteiger partial charge >= 0.3 is 5.97 Å². The molecule has 0 saturated carbocycles. The maximum absolute atomic E-state index is 12.0. The van der Waals surface area contributed by atoms with Gasteiger partial charge < -0.3 is 4.74 Å². The summed E-state index contributed by atoms with van der Waals surface area (Å²) in [5.74, 6) is -1.43. The lowest BCUT2D eigenvalue weighted by atomic mass is 10.1. The zero-order valence-corrected chi connectivity index (χ0v) is 13.1. The number of rotatable bonds is 7. The van der Waals surface area contributed by atoms with Crippen molar-refractivity contribution < 1.29 is 19.1 Å². The van der Waals surface area contributed by atoms with E-state index in [0.717, 1.165) is 29.5 Å². The summed E-state index contributed by atoms with van der Waals surface area (Å²) in [6.45, 7) is -0.0141. The fourth-order valence-electron chi connectivity index (χ4n) is 2.12. The molecule has 0 aliphatic carbocycles. The van der Waals surface area contributed by atoms with Gasteiger partial charge in [-0.3, -0.25) is 19.3 Å². The molecule has 112 valence electrons. The molecule has 1 aliphatic heterocycles. The predicted molar refractivity (Wildman–Crippen MR) is 80.4 cm³/mol. The summed E-state index contributed by atoms with van der Waals surface area (Å²) in [7, 11) is 0. The molecule has 1 aromatic rings. The molecule has 1 aromatic carbocycles. The number of carbonyl (C=O) groups excluding carboxylic acids is 3. The lowest BCUT2D eigenvalue weighted by Crippen LogP contribution is -2.35. The fraction of sp³-hybridized carbons (Fsp3) is 0.400. The van der Waals surface area contributed by atoms with Crippen LogP contribution in [-0.2, 0) is 9.53 Å². The summed E-state index contributed by atoms with van der Waals surface area (Å²) >= 11 is 3.33. The smallest absolute Gasteiger partial charge is 0.326 e. The molecule has 2 rings (SSSR count). The molecule has 0 unspecified atom stereocenters. The first kappa shape index (κ1) is 15.7. The Morgan fingerprint density at radius 2 is 1.67 bits per heavy atom. The SMILES string of the molecule is O=C(CN1C(=O)c2ccccc2C1=O)OCCCCCBr. The number of imide groups is 1. The molecule has 0 N–H and O–H groups in total. The van der Waals surface area contributed by atoms with Crippen molar-refractivity contribution in [2.45, 2.75) is 19.3 Å². The monoisotopic (exact) mass is 353 g/mol. The van der Waals surface area contributed by atoms with Crippen molar-refractivity contribution in [2.24, 2.45) is 0 Å². The van der Waals surface area contributed by atoms with Crippen LogP contribution in [0.3, 0.4) is 0 Å². The molecular formula is C15H16BrNO4. The molecule has 1 heterocycles. The second-order valence-corrected chi connectivity index (χ2v) is 5.51. The van der Waals surface area contributed by atoms with Gasteiger partial charge in [0.25, 0.3) is 11.8 Å². The van der Waals surface area contributed by atoms with Gasteiger partial charge in [0.15, 0.2) is 0 Å². The third-order valence-electron chi connectivity index (χ3n) is 3.21. The van der Waals surface area contributed by atoms with Gasteiger partial charge in [0.2, 0.25) is 0 Å². The average Bonchev–Trinajstić information content (AvgIpc) is 2.73. The van der Waals surface area contributed by atoms with Gasteiger partial charge in [0.1, 0.15) is 6.54 Å². The van der Waals surface area contributed by atoms with Crippen LogP contribution in [0.5, 0.6) is 0 Å². The van der Waals surface area contributed by atoms with Gasteiger partial charge in [-0.05, 0) is 31.4 Å². The summed E-state index contributed by atoms with van der Waals surface area (Å²) < 4.78 is 5.05. The molecule has 0 spiro atoms. The number of benzene rings is 1. The number of nitrogens with zero attached hydrogens (tertiary/aromatic N) is 1. The van der Waals surface area contributed by atoms with Crippen molar-refractivity contribution in [3.8, 4) is 0 Å². The van der Waals surface area contributed by atoms with E-state index in [1.54, 1.807) is 24.3 Å². The highest BCUT2D eigenvalue weighted by Crippen LogP contribution is 2.22. The maximum Gasteiger partial charge on any atom is 0.326 e. The summed E-state index contributed by atoms with van der Waals surface area (Å²) in [5.41, 5.74) is 0.681. The van der Waals surface area contributed by atoms with Crippen molar-refractivity contribution in [1.29, 1.82) is 0 Å². The predicted octanol–water partition coefficient (Wildman–Crippen LogP) is 2.39. The lowest BCUT2D eigenvalue weighted by Gasteiger charge is -2.12. The number of hydrogen-bond donors (Lipinski definition) is 0. The van der Waals surface area contributed by atoms with Gasteiger partial charge in [-0.25, -0.2) is 0 Å². The van der Waals surface area contributed by atoms with Crippen LogP contribution >= 0.6 is 15.9 Å². The van der Waals surface area contributed by atoms with Crippen LogP contribution in [0.4, 0.5) is 0 Å². The number of ether oxygens (including phenoxy) is 1. The largest absolute Gasteiger partial charge is 0.464 e. The van der Waals surface area contributed by atoms with Crippen LogP contribution in [0.1, 0.15) is 40.0 Å². The van der Waals surface area contributed by atoms with E-state index in [0.29, 0.717) is 17.7 Å². The maximum atomic E-state index is 12.0. The van der Waals surface area contributed by atoms with E-state index in [2.05, 4.69) is 15.9 Å².